The van der Waals surface area contributed by atoms with Gasteiger partial charge in [-0.2, -0.15) is 0 Å². The van der Waals surface area contributed by atoms with E-state index in [0.29, 0.717) is 0 Å². The van der Waals surface area contributed by atoms with E-state index in [4.69, 9.17) is 0 Å². The Labute approximate surface area is 171 Å². The molecule has 1 heteroatoms. The van der Waals surface area contributed by atoms with Crippen molar-refractivity contribution in [3.63, 3.8) is 0 Å². The van der Waals surface area contributed by atoms with Gasteiger partial charge in [-0.05, 0) is 64.4 Å². The Kier molecular flexibility index (Phi) is 4.56. The first-order valence-electron chi connectivity index (χ1n) is 9.88. The lowest BCUT2D eigenvalue weighted by Gasteiger charge is -2.25. The summed E-state index contributed by atoms with van der Waals surface area (Å²) in [4.78, 5) is 2.28. The predicted molar refractivity (Wildman–Crippen MR) is 124 cm³/mol. The van der Waals surface area contributed by atoms with Crippen LogP contribution >= 0.6 is 0 Å². The normalized spacial score (nSPS) is 10.8. The van der Waals surface area contributed by atoms with Gasteiger partial charge < -0.3 is 4.90 Å². The summed E-state index contributed by atoms with van der Waals surface area (Å²) >= 11 is 0. The van der Waals surface area contributed by atoms with E-state index in [2.05, 4.69) is 132 Å². The number of benzene rings is 5. The highest BCUT2D eigenvalue weighted by Gasteiger charge is 2.11. The highest BCUT2D eigenvalue weighted by Crippen LogP contribution is 2.35. The van der Waals surface area contributed by atoms with Crippen LogP contribution in [0.3, 0.4) is 0 Å². The van der Waals surface area contributed by atoms with Gasteiger partial charge in [-0.1, -0.05) is 84.9 Å². The maximum Gasteiger partial charge on any atom is 0.0462 e. The zero-order valence-corrected chi connectivity index (χ0v) is 16.1. The van der Waals surface area contributed by atoms with Crippen molar-refractivity contribution in [3.05, 3.63) is 127 Å². The molecule has 0 radical (unpaired) electrons. The third-order valence-corrected chi connectivity index (χ3v) is 5.24. The molecule has 0 saturated carbocycles. The Hall–Kier alpha value is -3.84. The van der Waals surface area contributed by atoms with Gasteiger partial charge in [0, 0.05) is 17.1 Å². The fraction of sp³-hybridized carbons (Fsp3) is 0. The highest BCUT2D eigenvalue weighted by molar-refractivity contribution is 5.87. The smallest absolute Gasteiger partial charge is 0.0462 e. The van der Waals surface area contributed by atoms with Crippen molar-refractivity contribution in [1.82, 2.24) is 0 Å². The molecule has 0 unspecified atom stereocenters. The van der Waals surface area contributed by atoms with Gasteiger partial charge in [0.2, 0.25) is 0 Å². The second-order valence-corrected chi connectivity index (χ2v) is 7.12. The van der Waals surface area contributed by atoms with Crippen LogP contribution in [0.15, 0.2) is 127 Å². The third kappa shape index (κ3) is 3.51. The molecule has 5 aromatic carbocycles. The molecule has 0 aliphatic carbocycles. The number of nitrogens with zero attached hydrogens (tertiary/aromatic N) is 1. The molecule has 0 saturated heterocycles. The Morgan fingerprint density at radius 3 is 1.45 bits per heavy atom. The van der Waals surface area contributed by atoms with Crippen LogP contribution < -0.4 is 4.90 Å². The van der Waals surface area contributed by atoms with Crippen LogP contribution in [-0.4, -0.2) is 0 Å². The molecule has 138 valence electrons. The van der Waals surface area contributed by atoms with Crippen molar-refractivity contribution in [3.8, 4) is 11.1 Å². The fourth-order valence-electron chi connectivity index (χ4n) is 3.77. The Balaban J connectivity index is 1.54. The maximum absolute atomic E-state index is 2.28. The van der Waals surface area contributed by atoms with Gasteiger partial charge in [-0.3, -0.25) is 0 Å². The Bertz CT molecular complexity index is 1190. The molecule has 29 heavy (non-hydrogen) atoms. The number of anilines is 3. The van der Waals surface area contributed by atoms with E-state index in [1.807, 2.05) is 0 Å². The van der Waals surface area contributed by atoms with Crippen LogP contribution in [-0.2, 0) is 0 Å². The average molecular weight is 371 g/mol. The fourth-order valence-corrected chi connectivity index (χ4v) is 3.77. The van der Waals surface area contributed by atoms with Gasteiger partial charge in [0.05, 0.1) is 0 Å². The summed E-state index contributed by atoms with van der Waals surface area (Å²) in [7, 11) is 0. The van der Waals surface area contributed by atoms with Gasteiger partial charge >= 0.3 is 0 Å². The van der Waals surface area contributed by atoms with Gasteiger partial charge in [-0.15, -0.1) is 0 Å². The summed E-state index contributed by atoms with van der Waals surface area (Å²) in [6.45, 7) is 0. The summed E-state index contributed by atoms with van der Waals surface area (Å²) in [6, 6.07) is 44.9. The topological polar surface area (TPSA) is 3.24 Å². The quantitative estimate of drug-likeness (QED) is 0.309. The number of fused-ring (bicyclic) bond motifs is 1. The molecule has 5 rings (SSSR count). The molecule has 0 bridgehead atoms. The van der Waals surface area contributed by atoms with E-state index in [9.17, 15) is 0 Å². The molecule has 0 N–H and O–H groups in total. The molecule has 0 amide bonds. The van der Waals surface area contributed by atoms with Crippen molar-refractivity contribution in [2.24, 2.45) is 0 Å². The molecule has 0 fully saturated rings. The molecule has 0 heterocycles. The minimum absolute atomic E-state index is 1.15. The lowest BCUT2D eigenvalue weighted by Crippen LogP contribution is -2.09. The summed E-state index contributed by atoms with van der Waals surface area (Å²) in [5.41, 5.74) is 5.91. The Morgan fingerprint density at radius 1 is 0.345 bits per heavy atom. The van der Waals surface area contributed by atoms with Crippen LogP contribution in [0.1, 0.15) is 0 Å². The maximum atomic E-state index is 2.28. The van der Waals surface area contributed by atoms with Crippen molar-refractivity contribution in [1.29, 1.82) is 0 Å². The van der Waals surface area contributed by atoms with Gasteiger partial charge in [0.25, 0.3) is 0 Å². The van der Waals surface area contributed by atoms with Crippen LogP contribution in [0.5, 0.6) is 0 Å². The molecule has 0 aliphatic rings. The molecular formula is C28H21N. The number of hydrogen-bond donors (Lipinski definition) is 0. The third-order valence-electron chi connectivity index (χ3n) is 5.24. The van der Waals surface area contributed by atoms with Crippen molar-refractivity contribution < 1.29 is 0 Å². The summed E-state index contributed by atoms with van der Waals surface area (Å²) in [6.07, 6.45) is 0. The Morgan fingerprint density at radius 2 is 0.828 bits per heavy atom. The number of para-hydroxylation sites is 2. The average Bonchev–Trinajstić information content (AvgIpc) is 2.81. The first kappa shape index (κ1) is 17.3. The van der Waals surface area contributed by atoms with Crippen molar-refractivity contribution >= 4 is 27.8 Å². The molecule has 0 aliphatic heterocycles. The van der Waals surface area contributed by atoms with Crippen LogP contribution in [0.4, 0.5) is 17.1 Å². The summed E-state index contributed by atoms with van der Waals surface area (Å²) < 4.78 is 0. The van der Waals surface area contributed by atoms with E-state index in [1.54, 1.807) is 0 Å². The summed E-state index contributed by atoms with van der Waals surface area (Å²) in [5, 5.41) is 2.54. The SMILES string of the molecule is c1ccc(N(c2ccccc2)c2ccc(-c3ccc4ccccc4c3)cc2)cc1. The first-order chi connectivity index (χ1) is 14.4. The molecular weight excluding hydrogens is 350 g/mol. The van der Waals surface area contributed by atoms with Crippen LogP contribution in [0, 0.1) is 0 Å². The van der Waals surface area contributed by atoms with E-state index >= 15 is 0 Å². The van der Waals surface area contributed by atoms with Gasteiger partial charge in [0.1, 0.15) is 0 Å². The molecule has 1 nitrogen and oxygen atoms in total. The van der Waals surface area contributed by atoms with E-state index < -0.39 is 0 Å². The van der Waals surface area contributed by atoms with Crippen molar-refractivity contribution in [2.75, 3.05) is 4.90 Å². The van der Waals surface area contributed by atoms with Gasteiger partial charge in [0.15, 0.2) is 0 Å². The second-order valence-electron chi connectivity index (χ2n) is 7.12. The van der Waals surface area contributed by atoms with Crippen LogP contribution in [0.25, 0.3) is 21.9 Å². The molecule has 0 spiro atoms. The monoisotopic (exact) mass is 371 g/mol. The second kappa shape index (κ2) is 7.65. The zero-order valence-electron chi connectivity index (χ0n) is 16.1. The molecule has 0 atom stereocenters. The van der Waals surface area contributed by atoms with E-state index in [0.717, 1.165) is 17.1 Å². The lowest BCUT2D eigenvalue weighted by atomic mass is 10.0. The largest absolute Gasteiger partial charge is 0.311 e. The molecule has 0 aromatic heterocycles. The number of rotatable bonds is 4. The predicted octanol–water partition coefficient (Wildman–Crippen LogP) is 7.98. The number of hydrogen-bond acceptors (Lipinski definition) is 1. The molecule has 5 aromatic rings. The first-order valence-corrected chi connectivity index (χ1v) is 9.88. The highest BCUT2D eigenvalue weighted by atomic mass is 15.1. The summed E-state index contributed by atoms with van der Waals surface area (Å²) in [5.74, 6) is 0. The minimum atomic E-state index is 1.15. The zero-order chi connectivity index (χ0) is 19.5. The van der Waals surface area contributed by atoms with Crippen LogP contribution in [0.2, 0.25) is 0 Å². The van der Waals surface area contributed by atoms with E-state index in [-0.39, 0.29) is 0 Å². The standard InChI is InChI=1S/C28H21N/c1-3-11-26(12-4-1)29(27-13-5-2-6-14-27)28-19-17-23(18-20-28)25-16-15-22-9-7-8-10-24(22)21-25/h1-21H. The van der Waals surface area contributed by atoms with Crippen molar-refractivity contribution in [2.45, 2.75) is 0 Å². The minimum Gasteiger partial charge on any atom is -0.311 e. The lowest BCUT2D eigenvalue weighted by molar-refractivity contribution is 1.28. The van der Waals surface area contributed by atoms with Gasteiger partial charge in [-0.25, -0.2) is 0 Å². The van der Waals surface area contributed by atoms with E-state index in [1.165, 1.54) is 21.9 Å².